The van der Waals surface area contributed by atoms with Gasteiger partial charge in [-0.25, -0.2) is 13.1 Å². The van der Waals surface area contributed by atoms with E-state index in [0.717, 1.165) is 10.9 Å². The molecule has 23 heavy (non-hydrogen) atoms. The van der Waals surface area contributed by atoms with Gasteiger partial charge in [0.2, 0.25) is 10.0 Å². The maximum absolute atomic E-state index is 12.6. The van der Waals surface area contributed by atoms with Gasteiger partial charge in [-0.2, -0.15) is 0 Å². The second-order valence-corrected chi connectivity index (χ2v) is 6.61. The number of pyridine rings is 1. The molecule has 0 amide bonds. The fraction of sp³-hybridized carbons (Fsp3) is 0.0625. The van der Waals surface area contributed by atoms with Crippen LogP contribution in [0.4, 0.5) is 5.69 Å². The van der Waals surface area contributed by atoms with Gasteiger partial charge in [0.05, 0.1) is 4.90 Å². The number of nitrogens with one attached hydrogen (secondary N) is 1. The Morgan fingerprint density at radius 3 is 2.35 bits per heavy atom. The summed E-state index contributed by atoms with van der Waals surface area (Å²) in [5.41, 5.74) is 7.32. The van der Waals surface area contributed by atoms with Crippen LogP contribution >= 0.6 is 12.4 Å². The first-order valence-corrected chi connectivity index (χ1v) is 8.22. The van der Waals surface area contributed by atoms with Gasteiger partial charge < -0.3 is 5.73 Å². The first kappa shape index (κ1) is 17.2. The van der Waals surface area contributed by atoms with E-state index in [1.165, 1.54) is 0 Å². The number of nitrogens with two attached hydrogens (primary N) is 1. The number of nitrogens with zero attached hydrogens (tertiary/aromatic N) is 1. The number of rotatable bonds is 4. The highest BCUT2D eigenvalue weighted by molar-refractivity contribution is 7.89. The summed E-state index contributed by atoms with van der Waals surface area (Å²) < 4.78 is 27.7. The molecule has 3 N–H and O–H groups in total. The minimum Gasteiger partial charge on any atom is -0.398 e. The van der Waals surface area contributed by atoms with Crippen molar-refractivity contribution >= 4 is 38.9 Å². The third kappa shape index (κ3) is 3.61. The summed E-state index contributed by atoms with van der Waals surface area (Å²) in [6.07, 6.45) is 3.25. The number of aromatic nitrogens is 1. The van der Waals surface area contributed by atoms with Crippen molar-refractivity contribution in [2.24, 2.45) is 0 Å². The van der Waals surface area contributed by atoms with Gasteiger partial charge in [0.15, 0.2) is 0 Å². The molecule has 0 bridgehead atoms. The molecule has 3 aromatic rings. The van der Waals surface area contributed by atoms with Crippen molar-refractivity contribution in [1.82, 2.24) is 9.71 Å². The molecule has 120 valence electrons. The van der Waals surface area contributed by atoms with Gasteiger partial charge >= 0.3 is 0 Å². The molecule has 0 aliphatic heterocycles. The van der Waals surface area contributed by atoms with Gasteiger partial charge in [-0.1, -0.05) is 24.3 Å². The summed E-state index contributed by atoms with van der Waals surface area (Å²) in [4.78, 5) is 4.14. The highest BCUT2D eigenvalue weighted by Crippen LogP contribution is 2.27. The maximum atomic E-state index is 12.6. The molecule has 0 aliphatic rings. The third-order valence-electron chi connectivity index (χ3n) is 3.42. The Bertz CT molecular complexity index is 915. The maximum Gasteiger partial charge on any atom is 0.241 e. The number of halogens is 1. The summed E-state index contributed by atoms with van der Waals surface area (Å²) in [6, 6.07) is 13.9. The molecule has 0 fully saturated rings. The van der Waals surface area contributed by atoms with Crippen molar-refractivity contribution in [3.63, 3.8) is 0 Å². The number of sulfonamides is 1. The van der Waals surface area contributed by atoms with Crippen molar-refractivity contribution in [3.05, 3.63) is 66.5 Å². The average Bonchev–Trinajstić information content (AvgIpc) is 2.54. The van der Waals surface area contributed by atoms with Crippen molar-refractivity contribution < 1.29 is 8.42 Å². The van der Waals surface area contributed by atoms with Crippen molar-refractivity contribution in [3.8, 4) is 0 Å². The first-order chi connectivity index (χ1) is 10.6. The molecule has 0 saturated heterocycles. The van der Waals surface area contributed by atoms with E-state index in [4.69, 9.17) is 5.73 Å². The Hall–Kier alpha value is -2.15. The molecular formula is C16H16ClN3O2S. The number of hydrogen-bond donors (Lipinski definition) is 2. The highest BCUT2D eigenvalue weighted by atomic mass is 35.5. The Labute approximate surface area is 141 Å². The van der Waals surface area contributed by atoms with Crippen LogP contribution in [0.3, 0.4) is 0 Å². The van der Waals surface area contributed by atoms with Gasteiger partial charge in [0.1, 0.15) is 0 Å². The second kappa shape index (κ2) is 6.95. The van der Waals surface area contributed by atoms with Crippen LogP contribution in [0.5, 0.6) is 0 Å². The Kier molecular flexibility index (Phi) is 5.20. The van der Waals surface area contributed by atoms with Gasteiger partial charge in [-0.3, -0.25) is 4.98 Å². The number of benzene rings is 2. The number of anilines is 1. The Morgan fingerprint density at radius 1 is 0.957 bits per heavy atom. The summed E-state index contributed by atoms with van der Waals surface area (Å²) in [6.45, 7) is 0.212. The fourth-order valence-electron chi connectivity index (χ4n) is 2.30. The molecule has 1 aromatic heterocycles. The molecule has 0 atom stereocenters. The minimum atomic E-state index is -3.63. The molecule has 0 unspecified atom stereocenters. The van der Waals surface area contributed by atoms with E-state index in [-0.39, 0.29) is 23.8 Å². The van der Waals surface area contributed by atoms with Crippen molar-refractivity contribution in [1.29, 1.82) is 0 Å². The quantitative estimate of drug-likeness (QED) is 0.709. The smallest absolute Gasteiger partial charge is 0.241 e. The number of fused-ring (bicyclic) bond motifs is 1. The van der Waals surface area contributed by atoms with Gasteiger partial charge in [0, 0.05) is 35.4 Å². The molecular weight excluding hydrogens is 334 g/mol. The SMILES string of the molecule is Cl.Nc1cccc2c(S(=O)(=O)NCc3ccncc3)cccc12. The highest BCUT2D eigenvalue weighted by Gasteiger charge is 2.17. The van der Waals surface area contributed by atoms with E-state index >= 15 is 0 Å². The first-order valence-electron chi connectivity index (χ1n) is 6.74. The molecule has 1 heterocycles. The predicted molar refractivity (Wildman–Crippen MR) is 93.9 cm³/mol. The topological polar surface area (TPSA) is 85.1 Å². The zero-order valence-corrected chi connectivity index (χ0v) is 13.8. The van der Waals surface area contributed by atoms with Crippen LogP contribution in [-0.2, 0) is 16.6 Å². The summed E-state index contributed by atoms with van der Waals surface area (Å²) >= 11 is 0. The monoisotopic (exact) mass is 349 g/mol. The average molecular weight is 350 g/mol. The van der Waals surface area contributed by atoms with E-state index in [2.05, 4.69) is 9.71 Å². The zero-order valence-electron chi connectivity index (χ0n) is 12.1. The van der Waals surface area contributed by atoms with Gasteiger partial charge in [-0.15, -0.1) is 12.4 Å². The van der Waals surface area contributed by atoms with Crippen molar-refractivity contribution in [2.75, 3.05) is 5.73 Å². The minimum absolute atomic E-state index is 0. The Morgan fingerprint density at radius 2 is 1.61 bits per heavy atom. The summed E-state index contributed by atoms with van der Waals surface area (Å²) in [5.74, 6) is 0. The van der Waals surface area contributed by atoms with Crippen LogP contribution < -0.4 is 10.5 Å². The lowest BCUT2D eigenvalue weighted by Gasteiger charge is -2.10. The lowest BCUT2D eigenvalue weighted by atomic mass is 10.1. The molecule has 0 radical (unpaired) electrons. The predicted octanol–water partition coefficient (Wildman–Crippen LogP) is 2.72. The molecule has 0 aliphatic carbocycles. The Balaban J connectivity index is 0.00000192. The molecule has 0 spiro atoms. The molecule has 3 rings (SSSR count). The second-order valence-electron chi connectivity index (χ2n) is 4.88. The lowest BCUT2D eigenvalue weighted by molar-refractivity contribution is 0.582. The lowest BCUT2D eigenvalue weighted by Crippen LogP contribution is -2.23. The number of nitrogen functional groups attached to an aromatic ring is 1. The van der Waals surface area contributed by atoms with Crippen LogP contribution in [0, 0.1) is 0 Å². The van der Waals surface area contributed by atoms with E-state index in [1.54, 1.807) is 54.9 Å². The molecule has 0 saturated carbocycles. The summed E-state index contributed by atoms with van der Waals surface area (Å²) in [7, 11) is -3.63. The largest absolute Gasteiger partial charge is 0.398 e. The van der Waals surface area contributed by atoms with E-state index in [0.29, 0.717) is 11.1 Å². The van der Waals surface area contributed by atoms with Crippen LogP contribution in [0.25, 0.3) is 10.8 Å². The van der Waals surface area contributed by atoms with Gasteiger partial charge in [-0.05, 0) is 29.8 Å². The fourth-order valence-corrected chi connectivity index (χ4v) is 3.53. The summed E-state index contributed by atoms with van der Waals surface area (Å²) in [5, 5.41) is 1.35. The standard InChI is InChI=1S/C16H15N3O2S.ClH/c17-15-5-1-4-14-13(15)3-2-6-16(14)22(20,21)19-11-12-7-9-18-10-8-12;/h1-10,19H,11,17H2;1H. The van der Waals surface area contributed by atoms with Gasteiger partial charge in [0.25, 0.3) is 0 Å². The van der Waals surface area contributed by atoms with E-state index in [9.17, 15) is 8.42 Å². The van der Waals surface area contributed by atoms with Crippen LogP contribution in [-0.4, -0.2) is 13.4 Å². The third-order valence-corrected chi connectivity index (χ3v) is 4.88. The number of hydrogen-bond acceptors (Lipinski definition) is 4. The normalized spacial score (nSPS) is 11.1. The molecule has 5 nitrogen and oxygen atoms in total. The van der Waals surface area contributed by atoms with Crippen LogP contribution in [0.15, 0.2) is 65.8 Å². The van der Waals surface area contributed by atoms with Crippen LogP contribution in [0.1, 0.15) is 5.56 Å². The van der Waals surface area contributed by atoms with E-state index < -0.39 is 10.0 Å². The molecule has 2 aromatic carbocycles. The molecule has 7 heteroatoms. The van der Waals surface area contributed by atoms with Crippen molar-refractivity contribution in [2.45, 2.75) is 11.4 Å². The zero-order chi connectivity index (χ0) is 15.6. The van der Waals surface area contributed by atoms with E-state index in [1.807, 2.05) is 6.07 Å². The van der Waals surface area contributed by atoms with Crippen LogP contribution in [0.2, 0.25) is 0 Å².